The zero-order valence-corrected chi connectivity index (χ0v) is 16.6. The Kier molecular flexibility index (Phi) is 4.94. The fourth-order valence-electron chi connectivity index (χ4n) is 4.19. The molecule has 0 aliphatic carbocycles. The Hall–Kier alpha value is -2.92. The second-order valence-corrected chi connectivity index (χ2v) is 7.76. The average molecular weight is 434 g/mol. The summed E-state index contributed by atoms with van der Waals surface area (Å²) >= 11 is 0. The molecule has 1 aromatic carbocycles. The molecule has 5 rings (SSSR count). The first kappa shape index (κ1) is 20.0. The Morgan fingerprint density at radius 2 is 1.97 bits per heavy atom. The molecule has 2 fully saturated rings. The van der Waals surface area contributed by atoms with Crippen LogP contribution in [0.2, 0.25) is 0 Å². The monoisotopic (exact) mass is 434 g/mol. The number of morpholine rings is 1. The summed E-state index contributed by atoms with van der Waals surface area (Å²) in [5.74, 6) is 0.436. The molecule has 164 valence electrons. The molecule has 1 N–H and O–H groups in total. The van der Waals surface area contributed by atoms with Crippen molar-refractivity contribution in [3.05, 3.63) is 36.4 Å². The number of hydrogen-bond donors (Lipinski definition) is 1. The van der Waals surface area contributed by atoms with Crippen LogP contribution < -0.4 is 15.0 Å². The van der Waals surface area contributed by atoms with Crippen molar-refractivity contribution in [3.8, 4) is 11.4 Å². The summed E-state index contributed by atoms with van der Waals surface area (Å²) in [6.07, 6.45) is -2.89. The lowest BCUT2D eigenvalue weighted by Gasteiger charge is -2.45. The van der Waals surface area contributed by atoms with E-state index in [1.54, 1.807) is 6.07 Å². The fraction of sp³-hybridized carbons (Fsp3) is 0.450. The van der Waals surface area contributed by atoms with Crippen molar-refractivity contribution in [3.63, 3.8) is 0 Å². The van der Waals surface area contributed by atoms with Crippen LogP contribution in [0.5, 0.6) is 5.75 Å². The second kappa shape index (κ2) is 7.65. The van der Waals surface area contributed by atoms with Gasteiger partial charge in [-0.05, 0) is 50.2 Å². The van der Waals surface area contributed by atoms with Gasteiger partial charge in [0.15, 0.2) is 5.65 Å². The summed E-state index contributed by atoms with van der Waals surface area (Å²) in [4.78, 5) is 6.94. The van der Waals surface area contributed by atoms with Gasteiger partial charge in [-0.25, -0.2) is 4.98 Å². The zero-order valence-electron chi connectivity index (χ0n) is 16.6. The highest BCUT2D eigenvalue weighted by Crippen LogP contribution is 2.31. The SMILES string of the molecule is FC(F)(F)Oc1cccc(-n2nnc3ccc(N4CCOC5(CCNCC5)C4)nc32)c1. The highest BCUT2D eigenvalue weighted by Gasteiger charge is 2.38. The normalized spacial score (nSPS) is 19.1. The third-order valence-corrected chi connectivity index (χ3v) is 5.67. The quantitative estimate of drug-likeness (QED) is 0.679. The van der Waals surface area contributed by atoms with E-state index in [1.807, 2.05) is 12.1 Å². The Balaban J connectivity index is 1.46. The van der Waals surface area contributed by atoms with Crippen molar-refractivity contribution < 1.29 is 22.6 Å². The molecule has 1 spiro atoms. The molecule has 0 bridgehead atoms. The van der Waals surface area contributed by atoms with Gasteiger partial charge in [0.25, 0.3) is 0 Å². The summed E-state index contributed by atoms with van der Waals surface area (Å²) < 4.78 is 49.3. The maximum Gasteiger partial charge on any atom is 0.573 e. The van der Waals surface area contributed by atoms with Crippen LogP contribution in [0.3, 0.4) is 0 Å². The number of ether oxygens (including phenoxy) is 2. The lowest BCUT2D eigenvalue weighted by Crippen LogP contribution is -2.56. The smallest absolute Gasteiger partial charge is 0.406 e. The summed E-state index contributed by atoms with van der Waals surface area (Å²) in [7, 11) is 0. The molecular weight excluding hydrogens is 413 g/mol. The molecule has 2 aliphatic heterocycles. The van der Waals surface area contributed by atoms with Crippen molar-refractivity contribution in [2.75, 3.05) is 37.7 Å². The topological polar surface area (TPSA) is 77.3 Å². The van der Waals surface area contributed by atoms with Crippen molar-refractivity contribution in [2.45, 2.75) is 24.8 Å². The van der Waals surface area contributed by atoms with E-state index in [2.05, 4.69) is 25.3 Å². The van der Waals surface area contributed by atoms with Crippen LogP contribution >= 0.6 is 0 Å². The summed E-state index contributed by atoms with van der Waals surface area (Å²) in [6, 6.07) is 9.31. The zero-order chi connectivity index (χ0) is 21.5. The largest absolute Gasteiger partial charge is 0.573 e. The molecule has 2 aliphatic rings. The molecule has 31 heavy (non-hydrogen) atoms. The second-order valence-electron chi connectivity index (χ2n) is 7.76. The van der Waals surface area contributed by atoms with Gasteiger partial charge in [0.1, 0.15) is 17.1 Å². The molecule has 0 atom stereocenters. The minimum Gasteiger partial charge on any atom is -0.406 e. The molecule has 2 aromatic heterocycles. The summed E-state index contributed by atoms with van der Waals surface area (Å²) in [5.41, 5.74) is 1.22. The minimum absolute atomic E-state index is 0.179. The standard InChI is InChI=1S/C20H21F3N6O2/c21-20(22,23)31-15-3-1-2-14(12-15)29-18-16(26-27-29)4-5-17(25-18)28-10-11-30-19(13-28)6-8-24-9-7-19/h1-5,12,24H,6-11,13H2. The Bertz CT molecular complexity index is 1070. The number of hydrogen-bond acceptors (Lipinski definition) is 7. The van der Waals surface area contributed by atoms with Gasteiger partial charge in [-0.1, -0.05) is 11.3 Å². The Morgan fingerprint density at radius 3 is 2.77 bits per heavy atom. The number of fused-ring (bicyclic) bond motifs is 1. The molecule has 0 saturated carbocycles. The van der Waals surface area contributed by atoms with Crippen molar-refractivity contribution in [1.82, 2.24) is 25.3 Å². The van der Waals surface area contributed by atoms with E-state index >= 15 is 0 Å². The third kappa shape index (κ3) is 4.15. The number of nitrogens with zero attached hydrogens (tertiary/aromatic N) is 5. The first-order chi connectivity index (χ1) is 14.9. The van der Waals surface area contributed by atoms with Gasteiger partial charge in [-0.15, -0.1) is 18.3 Å². The van der Waals surface area contributed by atoms with Crippen LogP contribution in [0.4, 0.5) is 19.0 Å². The first-order valence-electron chi connectivity index (χ1n) is 10.1. The third-order valence-electron chi connectivity index (χ3n) is 5.67. The predicted octanol–water partition coefficient (Wildman–Crippen LogP) is 2.67. The van der Waals surface area contributed by atoms with E-state index in [1.165, 1.54) is 22.9 Å². The van der Waals surface area contributed by atoms with Gasteiger partial charge < -0.3 is 19.7 Å². The van der Waals surface area contributed by atoms with E-state index < -0.39 is 6.36 Å². The van der Waals surface area contributed by atoms with Crippen LogP contribution in [0.1, 0.15) is 12.8 Å². The maximum atomic E-state index is 12.6. The predicted molar refractivity (Wildman–Crippen MR) is 106 cm³/mol. The molecule has 3 aromatic rings. The molecule has 8 nitrogen and oxygen atoms in total. The van der Waals surface area contributed by atoms with Crippen LogP contribution in [0.15, 0.2) is 36.4 Å². The lowest BCUT2D eigenvalue weighted by molar-refractivity contribution is -0.274. The van der Waals surface area contributed by atoms with Crippen molar-refractivity contribution in [1.29, 1.82) is 0 Å². The number of alkyl halides is 3. The first-order valence-corrected chi connectivity index (χ1v) is 10.1. The highest BCUT2D eigenvalue weighted by molar-refractivity contribution is 5.74. The number of anilines is 1. The summed E-state index contributed by atoms with van der Waals surface area (Å²) in [6.45, 7) is 3.92. The van der Waals surface area contributed by atoms with E-state index in [0.717, 1.165) is 38.3 Å². The average Bonchev–Trinajstić information content (AvgIpc) is 3.17. The van der Waals surface area contributed by atoms with E-state index in [4.69, 9.17) is 9.72 Å². The van der Waals surface area contributed by atoms with Crippen LogP contribution in [-0.4, -0.2) is 64.7 Å². The number of piperidine rings is 1. The molecule has 0 unspecified atom stereocenters. The van der Waals surface area contributed by atoms with Crippen LogP contribution in [0.25, 0.3) is 16.9 Å². The molecular formula is C20H21F3N6O2. The lowest BCUT2D eigenvalue weighted by atomic mass is 9.90. The van der Waals surface area contributed by atoms with E-state index in [-0.39, 0.29) is 11.4 Å². The van der Waals surface area contributed by atoms with Gasteiger partial charge in [0.2, 0.25) is 0 Å². The number of aromatic nitrogens is 4. The van der Waals surface area contributed by atoms with Crippen molar-refractivity contribution in [2.24, 2.45) is 0 Å². The van der Waals surface area contributed by atoms with Gasteiger partial charge in [0, 0.05) is 19.2 Å². The molecule has 11 heteroatoms. The van der Waals surface area contributed by atoms with Gasteiger partial charge >= 0.3 is 6.36 Å². The Morgan fingerprint density at radius 1 is 1.13 bits per heavy atom. The van der Waals surface area contributed by atoms with Crippen LogP contribution in [0, 0.1) is 0 Å². The molecule has 2 saturated heterocycles. The van der Waals surface area contributed by atoms with Crippen LogP contribution in [-0.2, 0) is 4.74 Å². The number of nitrogens with one attached hydrogen (secondary N) is 1. The number of halogens is 3. The summed E-state index contributed by atoms with van der Waals surface area (Å²) in [5, 5.41) is 11.6. The molecule has 0 radical (unpaired) electrons. The van der Waals surface area contributed by atoms with Gasteiger partial charge in [0.05, 0.1) is 17.9 Å². The van der Waals surface area contributed by atoms with E-state index in [9.17, 15) is 13.2 Å². The van der Waals surface area contributed by atoms with Gasteiger partial charge in [-0.2, -0.15) is 4.68 Å². The highest BCUT2D eigenvalue weighted by atomic mass is 19.4. The number of benzene rings is 1. The minimum atomic E-state index is -4.77. The Labute approximate surface area is 175 Å². The maximum absolute atomic E-state index is 12.6. The fourth-order valence-corrected chi connectivity index (χ4v) is 4.19. The number of rotatable bonds is 3. The molecule has 0 amide bonds. The number of pyridine rings is 1. The van der Waals surface area contributed by atoms with Crippen molar-refractivity contribution >= 4 is 17.0 Å². The van der Waals surface area contributed by atoms with E-state index in [0.29, 0.717) is 30.0 Å². The van der Waals surface area contributed by atoms with Gasteiger partial charge in [-0.3, -0.25) is 0 Å². The molecule has 4 heterocycles.